The maximum Gasteiger partial charge on any atom is 0.227 e. The molecule has 0 radical (unpaired) electrons. The van der Waals surface area contributed by atoms with Crippen LogP contribution >= 0.6 is 0 Å². The zero-order chi connectivity index (χ0) is 19.1. The second-order valence-electron chi connectivity index (χ2n) is 7.42. The van der Waals surface area contributed by atoms with E-state index < -0.39 is 0 Å². The molecule has 0 aromatic heterocycles. The highest BCUT2D eigenvalue weighted by atomic mass is 16.5. The van der Waals surface area contributed by atoms with Gasteiger partial charge in [0.1, 0.15) is 0 Å². The molecule has 150 valence electrons. The molecule has 1 saturated carbocycles. The zero-order valence-corrected chi connectivity index (χ0v) is 16.5. The number of carbonyl (C=O) groups is 1. The van der Waals surface area contributed by atoms with Crippen molar-refractivity contribution < 1.29 is 19.0 Å². The molecule has 2 aliphatic rings. The summed E-state index contributed by atoms with van der Waals surface area (Å²) in [6, 6.07) is 6.36. The number of nitrogens with zero attached hydrogens (tertiary/aromatic N) is 1. The van der Waals surface area contributed by atoms with Crippen LogP contribution in [-0.4, -0.2) is 57.4 Å². The first-order valence-electron chi connectivity index (χ1n) is 10.0. The fourth-order valence-corrected chi connectivity index (χ4v) is 3.58. The predicted molar refractivity (Wildman–Crippen MR) is 104 cm³/mol. The molecule has 0 unspecified atom stereocenters. The van der Waals surface area contributed by atoms with Gasteiger partial charge in [0.2, 0.25) is 5.91 Å². The van der Waals surface area contributed by atoms with Gasteiger partial charge in [-0.15, -0.1) is 0 Å². The van der Waals surface area contributed by atoms with Gasteiger partial charge in [0.05, 0.1) is 19.6 Å². The van der Waals surface area contributed by atoms with Crippen molar-refractivity contribution in [3.8, 4) is 11.5 Å². The Kier molecular flexibility index (Phi) is 7.35. The molecule has 1 saturated heterocycles. The number of hydrogen-bond donors (Lipinski definition) is 1. The van der Waals surface area contributed by atoms with Gasteiger partial charge < -0.3 is 24.4 Å². The first-order chi connectivity index (χ1) is 13.2. The van der Waals surface area contributed by atoms with Crippen LogP contribution in [-0.2, 0) is 16.1 Å². The number of ether oxygens (including phenoxy) is 3. The number of carbonyl (C=O) groups excluding carboxylic acids is 1. The van der Waals surface area contributed by atoms with Crippen molar-refractivity contribution in [3.05, 3.63) is 23.8 Å². The van der Waals surface area contributed by atoms with E-state index in [-0.39, 0.29) is 5.92 Å². The molecule has 0 spiro atoms. The van der Waals surface area contributed by atoms with Gasteiger partial charge in [-0.2, -0.15) is 0 Å². The highest BCUT2D eigenvalue weighted by Gasteiger charge is 2.36. The van der Waals surface area contributed by atoms with Crippen molar-refractivity contribution in [3.63, 3.8) is 0 Å². The lowest BCUT2D eigenvalue weighted by molar-refractivity contribution is -0.137. The first-order valence-corrected chi connectivity index (χ1v) is 10.0. The molecule has 27 heavy (non-hydrogen) atoms. The van der Waals surface area contributed by atoms with E-state index in [1.807, 2.05) is 18.2 Å². The van der Waals surface area contributed by atoms with Crippen molar-refractivity contribution >= 4 is 5.91 Å². The number of nitrogens with one attached hydrogen (secondary N) is 1. The van der Waals surface area contributed by atoms with Gasteiger partial charge in [0, 0.05) is 39.3 Å². The Hall–Kier alpha value is -1.79. The molecular formula is C21H32N2O4. The van der Waals surface area contributed by atoms with E-state index in [2.05, 4.69) is 10.2 Å². The molecule has 6 heteroatoms. The van der Waals surface area contributed by atoms with Gasteiger partial charge in [0.15, 0.2) is 11.5 Å². The van der Waals surface area contributed by atoms with E-state index in [0.717, 1.165) is 62.3 Å². The van der Waals surface area contributed by atoms with Gasteiger partial charge >= 0.3 is 0 Å². The molecule has 0 bridgehead atoms. The zero-order valence-electron chi connectivity index (χ0n) is 16.5. The number of rotatable bonds is 10. The van der Waals surface area contributed by atoms with E-state index in [1.165, 1.54) is 0 Å². The highest BCUT2D eigenvalue weighted by Crippen LogP contribution is 2.33. The van der Waals surface area contributed by atoms with E-state index in [9.17, 15) is 4.79 Å². The molecule has 1 aliphatic carbocycles. The van der Waals surface area contributed by atoms with Gasteiger partial charge in [-0.25, -0.2) is 0 Å². The van der Waals surface area contributed by atoms with Crippen LogP contribution in [0.25, 0.3) is 0 Å². The number of benzene rings is 1. The van der Waals surface area contributed by atoms with Crippen molar-refractivity contribution in [2.75, 3.05) is 40.5 Å². The summed E-state index contributed by atoms with van der Waals surface area (Å²) in [5.74, 6) is 1.86. The topological polar surface area (TPSA) is 60.0 Å². The summed E-state index contributed by atoms with van der Waals surface area (Å²) in [5.41, 5.74) is 1.08. The van der Waals surface area contributed by atoms with Gasteiger partial charge in [-0.05, 0) is 49.9 Å². The first kappa shape index (κ1) is 20.0. The monoisotopic (exact) mass is 376 g/mol. The molecule has 6 nitrogen and oxygen atoms in total. The van der Waals surface area contributed by atoms with Crippen molar-refractivity contribution in [1.29, 1.82) is 0 Å². The van der Waals surface area contributed by atoms with E-state index in [4.69, 9.17) is 14.2 Å². The van der Waals surface area contributed by atoms with Crippen LogP contribution in [0.5, 0.6) is 11.5 Å². The van der Waals surface area contributed by atoms with Gasteiger partial charge in [-0.3, -0.25) is 4.79 Å². The fourth-order valence-electron chi connectivity index (χ4n) is 3.58. The van der Waals surface area contributed by atoms with Crippen molar-refractivity contribution in [1.82, 2.24) is 10.2 Å². The average Bonchev–Trinajstić information content (AvgIpc) is 3.55. The lowest BCUT2D eigenvalue weighted by Gasteiger charge is -2.30. The Morgan fingerprint density at radius 2 is 2.04 bits per heavy atom. The third-order valence-corrected chi connectivity index (χ3v) is 5.25. The lowest BCUT2D eigenvalue weighted by atomic mass is 9.97. The molecule has 1 aromatic rings. The van der Waals surface area contributed by atoms with Crippen LogP contribution in [0.3, 0.4) is 0 Å². The fraction of sp³-hybridized carbons (Fsp3) is 0.667. The van der Waals surface area contributed by atoms with Crippen LogP contribution in [0, 0.1) is 5.92 Å². The summed E-state index contributed by atoms with van der Waals surface area (Å²) < 4.78 is 16.4. The maximum absolute atomic E-state index is 13.1. The SMILES string of the molecule is COCCCOc1cc(CN(C(=O)[C@H]2CCCNC2)C2CC2)ccc1OC. The smallest absolute Gasteiger partial charge is 0.227 e. The van der Waals surface area contributed by atoms with E-state index in [0.29, 0.717) is 31.7 Å². The molecule has 1 aliphatic heterocycles. The molecule has 1 atom stereocenters. The average molecular weight is 376 g/mol. The third kappa shape index (κ3) is 5.59. The van der Waals surface area contributed by atoms with Crippen LogP contribution in [0.4, 0.5) is 0 Å². The summed E-state index contributed by atoms with van der Waals surface area (Å²) in [5, 5.41) is 3.36. The second-order valence-corrected chi connectivity index (χ2v) is 7.42. The van der Waals surface area contributed by atoms with Crippen molar-refractivity contribution in [2.45, 2.75) is 44.7 Å². The minimum atomic E-state index is 0.113. The normalized spacial score (nSPS) is 19.6. The van der Waals surface area contributed by atoms with Crippen LogP contribution in [0.1, 0.15) is 37.7 Å². The lowest BCUT2D eigenvalue weighted by Crippen LogP contribution is -2.43. The predicted octanol–water partition coefficient (Wildman–Crippen LogP) is 2.60. The van der Waals surface area contributed by atoms with E-state index in [1.54, 1.807) is 14.2 Å². The summed E-state index contributed by atoms with van der Waals surface area (Å²) in [6.07, 6.45) is 5.12. The number of methoxy groups -OCH3 is 2. The summed E-state index contributed by atoms with van der Waals surface area (Å²) in [4.78, 5) is 15.1. The third-order valence-electron chi connectivity index (χ3n) is 5.25. The molecule has 3 rings (SSSR count). The molecular weight excluding hydrogens is 344 g/mol. The summed E-state index contributed by atoms with van der Waals surface area (Å²) in [6.45, 7) is 3.71. The number of hydrogen-bond acceptors (Lipinski definition) is 5. The molecule has 1 N–H and O–H groups in total. The Balaban J connectivity index is 1.67. The number of piperidine rings is 1. The minimum absolute atomic E-state index is 0.113. The van der Waals surface area contributed by atoms with E-state index >= 15 is 0 Å². The molecule has 1 heterocycles. The largest absolute Gasteiger partial charge is 0.493 e. The molecule has 2 fully saturated rings. The molecule has 1 amide bonds. The van der Waals surface area contributed by atoms with Crippen molar-refractivity contribution in [2.24, 2.45) is 5.92 Å². The van der Waals surface area contributed by atoms with Crippen LogP contribution in [0.2, 0.25) is 0 Å². The van der Waals surface area contributed by atoms with Crippen LogP contribution < -0.4 is 14.8 Å². The standard InChI is InChI=1S/C21H32N2O4/c1-25-11-4-12-27-20-13-16(6-9-19(20)26-2)15-23(18-7-8-18)21(24)17-5-3-10-22-14-17/h6,9,13,17-18,22H,3-5,7-8,10-12,14-15H2,1-2H3/t17-/m0/s1. The second kappa shape index (κ2) is 9.95. The minimum Gasteiger partial charge on any atom is -0.493 e. The quantitative estimate of drug-likeness (QED) is 0.636. The van der Waals surface area contributed by atoms with Gasteiger partial charge in [0.25, 0.3) is 0 Å². The molecule has 1 aromatic carbocycles. The Morgan fingerprint density at radius 3 is 2.70 bits per heavy atom. The Morgan fingerprint density at radius 1 is 1.19 bits per heavy atom. The Labute approximate surface area is 162 Å². The highest BCUT2D eigenvalue weighted by molar-refractivity contribution is 5.80. The van der Waals surface area contributed by atoms with Gasteiger partial charge in [-0.1, -0.05) is 6.07 Å². The Bertz CT molecular complexity index is 612. The summed E-state index contributed by atoms with van der Waals surface area (Å²) in [7, 11) is 3.33. The maximum atomic E-state index is 13.1. The van der Waals surface area contributed by atoms with Crippen LogP contribution in [0.15, 0.2) is 18.2 Å². The number of amides is 1. The summed E-state index contributed by atoms with van der Waals surface area (Å²) >= 11 is 0.